The molecule has 3 N–H and O–H groups in total. The maximum Gasteiger partial charge on any atom is 0.290 e. The lowest BCUT2D eigenvalue weighted by Crippen LogP contribution is -2.31. The van der Waals surface area contributed by atoms with Crippen LogP contribution in [-0.2, 0) is 18.3 Å². The lowest BCUT2D eigenvalue weighted by Gasteiger charge is -2.30. The zero-order valence-corrected chi connectivity index (χ0v) is 25.2. The van der Waals surface area contributed by atoms with Crippen LogP contribution in [0, 0.1) is 31.1 Å². The molecule has 0 atom stereocenters. The third kappa shape index (κ3) is 5.75. The van der Waals surface area contributed by atoms with Crippen LogP contribution in [0.5, 0.6) is 0 Å². The van der Waals surface area contributed by atoms with Gasteiger partial charge in [-0.25, -0.2) is 4.98 Å². The first-order chi connectivity index (χ1) is 21.6. The number of nitrogens with two attached hydrogens (primary N) is 1. The maximum absolute atomic E-state index is 13.7. The SMILES string of the molecule is Cc1cc2cc(-c3ccc(-c4c(C)on(C)c4=O)cc3)n(CCOC3CC(C#N)C3)c2c(C(=O)Nc2cccc(C(N)=O)c2)n1. The van der Waals surface area contributed by atoms with Gasteiger partial charge in [-0.15, -0.1) is 0 Å². The monoisotopic (exact) mass is 604 g/mol. The minimum atomic E-state index is -0.595. The number of nitrogens with zero attached hydrogens (tertiary/aromatic N) is 4. The summed E-state index contributed by atoms with van der Waals surface area (Å²) in [4.78, 5) is 42.7. The number of nitrogens with one attached hydrogen (secondary N) is 1. The Morgan fingerprint density at radius 3 is 2.51 bits per heavy atom. The largest absolute Gasteiger partial charge is 0.381 e. The summed E-state index contributed by atoms with van der Waals surface area (Å²) in [5, 5.41) is 12.8. The molecule has 1 fully saturated rings. The molecule has 2 amide bonds. The van der Waals surface area contributed by atoms with Crippen molar-refractivity contribution in [3.8, 4) is 28.5 Å². The van der Waals surface area contributed by atoms with Gasteiger partial charge < -0.3 is 24.9 Å². The van der Waals surface area contributed by atoms with E-state index >= 15 is 0 Å². The zero-order chi connectivity index (χ0) is 31.8. The van der Waals surface area contributed by atoms with Gasteiger partial charge in [0.2, 0.25) is 5.91 Å². The summed E-state index contributed by atoms with van der Waals surface area (Å²) < 4.78 is 14.8. The summed E-state index contributed by atoms with van der Waals surface area (Å²) in [7, 11) is 1.58. The van der Waals surface area contributed by atoms with Crippen molar-refractivity contribution in [2.24, 2.45) is 18.7 Å². The Morgan fingerprint density at radius 1 is 1.11 bits per heavy atom. The average molecular weight is 605 g/mol. The predicted molar refractivity (Wildman–Crippen MR) is 169 cm³/mol. The first kappa shape index (κ1) is 29.6. The van der Waals surface area contributed by atoms with E-state index < -0.39 is 11.8 Å². The number of fused-ring (bicyclic) bond motifs is 1. The van der Waals surface area contributed by atoms with E-state index in [0.29, 0.717) is 54.2 Å². The molecular weight excluding hydrogens is 572 g/mol. The van der Waals surface area contributed by atoms with Crippen LogP contribution in [0.15, 0.2) is 70.0 Å². The van der Waals surface area contributed by atoms with E-state index in [2.05, 4.69) is 16.4 Å². The molecule has 11 nitrogen and oxygen atoms in total. The molecule has 0 spiro atoms. The first-order valence-electron chi connectivity index (χ1n) is 14.6. The maximum atomic E-state index is 13.7. The van der Waals surface area contributed by atoms with Gasteiger partial charge in [0.05, 0.1) is 35.8 Å². The summed E-state index contributed by atoms with van der Waals surface area (Å²) in [6.07, 6.45) is 1.45. The van der Waals surface area contributed by atoms with Crippen LogP contribution in [0.2, 0.25) is 0 Å². The van der Waals surface area contributed by atoms with E-state index in [4.69, 9.17) is 20.3 Å². The molecule has 0 radical (unpaired) electrons. The van der Waals surface area contributed by atoms with Crippen LogP contribution in [0.1, 0.15) is 45.1 Å². The van der Waals surface area contributed by atoms with Crippen molar-refractivity contribution in [1.29, 1.82) is 5.26 Å². The number of carbonyl (C=O) groups is 2. The molecule has 11 heteroatoms. The summed E-state index contributed by atoms with van der Waals surface area (Å²) in [6.45, 7) is 4.39. The number of ether oxygens (including phenoxy) is 1. The number of hydrogen-bond donors (Lipinski definition) is 2. The molecule has 3 aromatic heterocycles. The fourth-order valence-electron chi connectivity index (χ4n) is 5.85. The van der Waals surface area contributed by atoms with E-state index in [9.17, 15) is 14.4 Å². The minimum Gasteiger partial charge on any atom is -0.381 e. The molecule has 5 aromatic rings. The number of hydrogen-bond acceptors (Lipinski definition) is 7. The molecule has 0 aliphatic heterocycles. The van der Waals surface area contributed by atoms with Gasteiger partial charge in [0.1, 0.15) is 5.76 Å². The Labute approximate surface area is 258 Å². The van der Waals surface area contributed by atoms with Crippen LogP contribution in [0.25, 0.3) is 33.3 Å². The molecule has 3 heterocycles. The van der Waals surface area contributed by atoms with Crippen molar-refractivity contribution >= 4 is 28.4 Å². The number of primary amides is 1. The fraction of sp³-hybridized carbons (Fsp3) is 0.265. The number of rotatable bonds is 9. The molecule has 6 rings (SSSR count). The Kier molecular flexibility index (Phi) is 7.83. The van der Waals surface area contributed by atoms with Crippen molar-refractivity contribution in [3.63, 3.8) is 0 Å². The molecule has 45 heavy (non-hydrogen) atoms. The van der Waals surface area contributed by atoms with Gasteiger partial charge in [0.15, 0.2) is 5.69 Å². The lowest BCUT2D eigenvalue weighted by molar-refractivity contribution is -0.0190. The number of amides is 2. The number of aryl methyl sites for hydroxylation is 3. The molecule has 1 aliphatic carbocycles. The Balaban J connectivity index is 1.40. The normalized spacial score (nSPS) is 15.9. The number of anilines is 1. The molecule has 2 aromatic carbocycles. The van der Waals surface area contributed by atoms with E-state index in [1.165, 1.54) is 10.8 Å². The number of carbonyl (C=O) groups excluding carboxylic acids is 2. The topological polar surface area (TPSA) is 158 Å². The van der Waals surface area contributed by atoms with E-state index in [0.717, 1.165) is 22.2 Å². The number of nitriles is 1. The van der Waals surface area contributed by atoms with Gasteiger partial charge in [-0.2, -0.15) is 10.0 Å². The highest BCUT2D eigenvalue weighted by atomic mass is 16.5. The molecule has 0 bridgehead atoms. The third-order valence-corrected chi connectivity index (χ3v) is 8.16. The second-order valence-electron chi connectivity index (χ2n) is 11.3. The standard InChI is InChI=1S/C34H32N6O5/c1-19-13-25-17-28(22-7-9-23(10-8-22)29-20(2)45-39(3)34(29)43)40(11-12-44-27-14-21(15-27)18-35)31(25)30(37-19)33(42)38-26-6-4-5-24(16-26)32(36)41/h4-10,13,16-17,21,27H,11-12,14-15H2,1-3H3,(H2,36,41)(H,38,42). The van der Waals surface area contributed by atoms with Crippen molar-refractivity contribution in [2.75, 3.05) is 11.9 Å². The zero-order valence-electron chi connectivity index (χ0n) is 25.2. The van der Waals surface area contributed by atoms with Crippen LogP contribution in [0.4, 0.5) is 5.69 Å². The summed E-state index contributed by atoms with van der Waals surface area (Å²) in [6, 6.07) is 20.3. The smallest absolute Gasteiger partial charge is 0.290 e. The Morgan fingerprint density at radius 2 is 1.84 bits per heavy atom. The van der Waals surface area contributed by atoms with E-state index in [-0.39, 0.29) is 28.8 Å². The van der Waals surface area contributed by atoms with Gasteiger partial charge >= 0.3 is 0 Å². The summed E-state index contributed by atoms with van der Waals surface area (Å²) in [5.74, 6) is -0.463. The highest BCUT2D eigenvalue weighted by Crippen LogP contribution is 2.33. The van der Waals surface area contributed by atoms with Gasteiger partial charge in [-0.1, -0.05) is 30.3 Å². The Bertz CT molecular complexity index is 2040. The molecule has 228 valence electrons. The minimum absolute atomic E-state index is 0.0284. The molecule has 0 unspecified atom stereocenters. The molecule has 1 aliphatic rings. The number of pyridine rings is 1. The summed E-state index contributed by atoms with van der Waals surface area (Å²) >= 11 is 0. The third-order valence-electron chi connectivity index (χ3n) is 8.16. The fourth-order valence-corrected chi connectivity index (χ4v) is 5.85. The highest BCUT2D eigenvalue weighted by Gasteiger charge is 2.30. The first-order valence-corrected chi connectivity index (χ1v) is 14.6. The predicted octanol–water partition coefficient (Wildman–Crippen LogP) is 4.95. The Hall–Kier alpha value is -5.47. The average Bonchev–Trinajstić information content (AvgIpc) is 3.48. The van der Waals surface area contributed by atoms with Crippen LogP contribution in [0.3, 0.4) is 0 Å². The van der Waals surface area contributed by atoms with Gasteiger partial charge in [0, 0.05) is 41.6 Å². The lowest BCUT2D eigenvalue weighted by atomic mass is 9.83. The van der Waals surface area contributed by atoms with Crippen molar-refractivity contribution in [3.05, 3.63) is 93.7 Å². The molecule has 0 saturated heterocycles. The highest BCUT2D eigenvalue weighted by molar-refractivity contribution is 6.12. The van der Waals surface area contributed by atoms with Gasteiger partial charge in [0.25, 0.3) is 11.5 Å². The van der Waals surface area contributed by atoms with Gasteiger partial charge in [-0.05, 0) is 68.1 Å². The molecular formula is C34H32N6O5. The van der Waals surface area contributed by atoms with E-state index in [1.807, 2.05) is 47.9 Å². The van der Waals surface area contributed by atoms with Crippen LogP contribution >= 0.6 is 0 Å². The van der Waals surface area contributed by atoms with E-state index in [1.54, 1.807) is 32.2 Å². The summed E-state index contributed by atoms with van der Waals surface area (Å²) in [5.41, 5.74) is 10.4. The van der Waals surface area contributed by atoms with Crippen LogP contribution < -0.4 is 16.6 Å². The number of aromatic nitrogens is 3. The number of benzene rings is 2. The second kappa shape index (κ2) is 11.9. The van der Waals surface area contributed by atoms with Crippen molar-refractivity contribution in [2.45, 2.75) is 39.3 Å². The van der Waals surface area contributed by atoms with Crippen LogP contribution in [-0.4, -0.2) is 38.8 Å². The molecule has 1 saturated carbocycles. The van der Waals surface area contributed by atoms with Gasteiger partial charge in [-0.3, -0.25) is 14.4 Å². The second-order valence-corrected chi connectivity index (χ2v) is 11.3. The van der Waals surface area contributed by atoms with Crippen molar-refractivity contribution < 1.29 is 18.8 Å². The van der Waals surface area contributed by atoms with Crippen molar-refractivity contribution in [1.82, 2.24) is 14.3 Å². The quantitative estimate of drug-likeness (QED) is 0.241.